The van der Waals surface area contributed by atoms with Crippen molar-refractivity contribution >= 4 is 12.2 Å². The Morgan fingerprint density at radius 2 is 1.88 bits per heavy atom. The number of hydrogen-bond donors (Lipinski definition) is 1. The Labute approximate surface area is 102 Å². The molecule has 0 radical (unpaired) electrons. The third-order valence-corrected chi connectivity index (χ3v) is 3.11. The summed E-state index contributed by atoms with van der Waals surface area (Å²) in [4.78, 5) is 0. The van der Waals surface area contributed by atoms with E-state index in [1.807, 2.05) is 13.8 Å². The van der Waals surface area contributed by atoms with Crippen LogP contribution in [-0.4, -0.2) is 10.2 Å². The van der Waals surface area contributed by atoms with Gasteiger partial charge in [-0.25, -0.2) is 8.78 Å². The van der Waals surface area contributed by atoms with Gasteiger partial charge in [0, 0.05) is 11.6 Å². The largest absolute Gasteiger partial charge is 0.267 e. The molecule has 2 nitrogen and oxygen atoms in total. The van der Waals surface area contributed by atoms with Crippen LogP contribution in [0.25, 0.3) is 11.3 Å². The van der Waals surface area contributed by atoms with Gasteiger partial charge in [-0.05, 0) is 37.1 Å². The Balaban J connectivity index is 2.69. The molecule has 1 heterocycles. The Kier molecular flexibility index (Phi) is 3.02. The second kappa shape index (κ2) is 4.33. The molecule has 2 rings (SSSR count). The van der Waals surface area contributed by atoms with E-state index in [1.54, 1.807) is 0 Å². The summed E-state index contributed by atoms with van der Waals surface area (Å²) in [6.07, 6.45) is 0. The Morgan fingerprint density at radius 3 is 2.53 bits per heavy atom. The number of benzene rings is 1. The van der Waals surface area contributed by atoms with Crippen molar-refractivity contribution in [3.8, 4) is 11.3 Å². The first-order valence-corrected chi connectivity index (χ1v) is 5.43. The Hall–Kier alpha value is -1.62. The van der Waals surface area contributed by atoms with Crippen LogP contribution >= 0.6 is 12.2 Å². The summed E-state index contributed by atoms with van der Waals surface area (Å²) in [7, 11) is 0. The van der Waals surface area contributed by atoms with Crippen molar-refractivity contribution in [1.29, 1.82) is 0 Å². The predicted molar refractivity (Wildman–Crippen MR) is 64.2 cm³/mol. The second-order valence-corrected chi connectivity index (χ2v) is 4.18. The lowest BCUT2D eigenvalue weighted by Crippen LogP contribution is -1.98. The number of aromatic amines is 1. The molecular weight excluding hydrogens is 242 g/mol. The third-order valence-electron chi connectivity index (χ3n) is 2.71. The van der Waals surface area contributed by atoms with Gasteiger partial charge in [0.2, 0.25) is 0 Å². The molecule has 0 fully saturated rings. The van der Waals surface area contributed by atoms with E-state index < -0.39 is 11.6 Å². The van der Waals surface area contributed by atoms with Crippen molar-refractivity contribution in [2.45, 2.75) is 13.8 Å². The molecule has 1 aromatic heterocycles. The maximum atomic E-state index is 13.6. The van der Waals surface area contributed by atoms with Crippen molar-refractivity contribution in [2.24, 2.45) is 0 Å². The zero-order chi connectivity index (χ0) is 12.6. The zero-order valence-corrected chi connectivity index (χ0v) is 10.2. The highest BCUT2D eigenvalue weighted by Gasteiger charge is 2.12. The molecule has 0 saturated carbocycles. The van der Waals surface area contributed by atoms with Crippen molar-refractivity contribution in [3.05, 3.63) is 45.6 Å². The topological polar surface area (TPSA) is 28.7 Å². The van der Waals surface area contributed by atoms with Gasteiger partial charge < -0.3 is 0 Å². The first-order valence-electron chi connectivity index (χ1n) is 5.02. The molecule has 88 valence electrons. The fourth-order valence-corrected chi connectivity index (χ4v) is 1.76. The molecule has 0 aliphatic heterocycles. The minimum Gasteiger partial charge on any atom is -0.267 e. The lowest BCUT2D eigenvalue weighted by Gasteiger charge is -2.08. The van der Waals surface area contributed by atoms with Gasteiger partial charge in [0.25, 0.3) is 0 Å². The van der Waals surface area contributed by atoms with Crippen LogP contribution in [0, 0.1) is 30.1 Å². The van der Waals surface area contributed by atoms with Gasteiger partial charge >= 0.3 is 0 Å². The molecule has 0 bridgehead atoms. The number of H-pyrrole nitrogens is 1. The standard InChI is InChI=1S/C12H10F2N2S/c1-6-7(2)12(17)16-15-11(6)9-4-3-8(13)5-10(9)14/h3-5H,1-2H3,(H,16,17). The van der Waals surface area contributed by atoms with Crippen LogP contribution in [0.2, 0.25) is 0 Å². The molecule has 0 aliphatic carbocycles. The third kappa shape index (κ3) is 2.10. The molecule has 0 atom stereocenters. The normalized spacial score (nSPS) is 10.6. The monoisotopic (exact) mass is 252 g/mol. The van der Waals surface area contributed by atoms with E-state index in [2.05, 4.69) is 10.2 Å². The SMILES string of the molecule is Cc1c(-c2ccc(F)cc2F)n[nH]c(=S)c1C. The summed E-state index contributed by atoms with van der Waals surface area (Å²) in [5.41, 5.74) is 2.35. The molecule has 0 amide bonds. The Morgan fingerprint density at radius 1 is 1.18 bits per heavy atom. The minimum absolute atomic E-state index is 0.262. The number of nitrogens with zero attached hydrogens (tertiary/aromatic N) is 1. The summed E-state index contributed by atoms with van der Waals surface area (Å²) in [6.45, 7) is 3.64. The molecule has 0 saturated heterocycles. The quantitative estimate of drug-likeness (QED) is 0.784. The van der Waals surface area contributed by atoms with E-state index in [-0.39, 0.29) is 5.56 Å². The Bertz CT molecular complexity index is 635. The molecular formula is C12H10F2N2S. The van der Waals surface area contributed by atoms with Crippen LogP contribution in [0.5, 0.6) is 0 Å². The smallest absolute Gasteiger partial charge is 0.135 e. The van der Waals surface area contributed by atoms with E-state index >= 15 is 0 Å². The highest BCUT2D eigenvalue weighted by Crippen LogP contribution is 2.25. The van der Waals surface area contributed by atoms with E-state index in [0.717, 1.165) is 17.2 Å². The van der Waals surface area contributed by atoms with Gasteiger partial charge in [-0.15, -0.1) is 0 Å². The second-order valence-electron chi connectivity index (χ2n) is 3.78. The summed E-state index contributed by atoms with van der Waals surface area (Å²) >= 11 is 5.03. The minimum atomic E-state index is -0.634. The number of halogens is 2. The molecule has 17 heavy (non-hydrogen) atoms. The van der Waals surface area contributed by atoms with Gasteiger partial charge in [-0.3, -0.25) is 5.10 Å². The first-order chi connectivity index (χ1) is 8.00. The fourth-order valence-electron chi connectivity index (χ4n) is 1.57. The van der Waals surface area contributed by atoms with Gasteiger partial charge in [-0.1, -0.05) is 12.2 Å². The highest BCUT2D eigenvalue weighted by molar-refractivity contribution is 7.71. The number of hydrogen-bond acceptors (Lipinski definition) is 2. The maximum absolute atomic E-state index is 13.6. The van der Waals surface area contributed by atoms with Crippen molar-refractivity contribution in [2.75, 3.05) is 0 Å². The summed E-state index contributed by atoms with van der Waals surface area (Å²) in [5.74, 6) is -1.24. The van der Waals surface area contributed by atoms with Gasteiger partial charge in [-0.2, -0.15) is 5.10 Å². The highest BCUT2D eigenvalue weighted by atomic mass is 32.1. The van der Waals surface area contributed by atoms with Crippen molar-refractivity contribution in [1.82, 2.24) is 10.2 Å². The molecule has 0 aliphatic rings. The van der Waals surface area contributed by atoms with Crippen LogP contribution in [0.15, 0.2) is 18.2 Å². The van der Waals surface area contributed by atoms with Gasteiger partial charge in [0.15, 0.2) is 0 Å². The molecule has 5 heteroatoms. The summed E-state index contributed by atoms with van der Waals surface area (Å²) in [6, 6.07) is 3.42. The van der Waals surface area contributed by atoms with Crippen LogP contribution < -0.4 is 0 Å². The average molecular weight is 252 g/mol. The van der Waals surface area contributed by atoms with E-state index in [1.165, 1.54) is 12.1 Å². The van der Waals surface area contributed by atoms with Gasteiger partial charge in [0.05, 0.1) is 5.69 Å². The maximum Gasteiger partial charge on any atom is 0.135 e. The molecule has 1 N–H and O–H groups in total. The predicted octanol–water partition coefficient (Wildman–Crippen LogP) is 3.70. The molecule has 0 spiro atoms. The molecule has 1 aromatic carbocycles. The van der Waals surface area contributed by atoms with Crippen LogP contribution in [-0.2, 0) is 0 Å². The molecule has 2 aromatic rings. The number of rotatable bonds is 1. The first kappa shape index (κ1) is 11.9. The average Bonchev–Trinajstić information content (AvgIpc) is 2.28. The van der Waals surface area contributed by atoms with E-state index in [4.69, 9.17) is 12.2 Å². The molecule has 0 unspecified atom stereocenters. The van der Waals surface area contributed by atoms with Crippen LogP contribution in [0.3, 0.4) is 0 Å². The summed E-state index contributed by atoms with van der Waals surface area (Å²) < 4.78 is 27.0. The van der Waals surface area contributed by atoms with E-state index in [9.17, 15) is 8.78 Å². The van der Waals surface area contributed by atoms with Crippen LogP contribution in [0.4, 0.5) is 8.78 Å². The number of aromatic nitrogens is 2. The number of nitrogens with one attached hydrogen (secondary N) is 1. The lowest BCUT2D eigenvalue weighted by atomic mass is 10.0. The zero-order valence-electron chi connectivity index (χ0n) is 9.34. The fraction of sp³-hybridized carbons (Fsp3) is 0.167. The summed E-state index contributed by atoms with van der Waals surface area (Å²) in [5, 5.41) is 6.66. The lowest BCUT2D eigenvalue weighted by molar-refractivity contribution is 0.585. The van der Waals surface area contributed by atoms with Crippen molar-refractivity contribution in [3.63, 3.8) is 0 Å². The van der Waals surface area contributed by atoms with Crippen LogP contribution in [0.1, 0.15) is 11.1 Å². The van der Waals surface area contributed by atoms with Gasteiger partial charge in [0.1, 0.15) is 16.3 Å². The van der Waals surface area contributed by atoms with E-state index in [0.29, 0.717) is 10.3 Å². The van der Waals surface area contributed by atoms with Crippen molar-refractivity contribution < 1.29 is 8.78 Å².